The average molecular weight is 485 g/mol. The van der Waals surface area contributed by atoms with E-state index >= 15 is 0 Å². The van der Waals surface area contributed by atoms with Gasteiger partial charge in [-0.05, 0) is 64.3 Å². The first-order chi connectivity index (χ1) is 14.9. The lowest BCUT2D eigenvalue weighted by Crippen LogP contribution is -2.31. The predicted molar refractivity (Wildman–Crippen MR) is 134 cm³/mol. The van der Waals surface area contributed by atoms with Crippen LogP contribution in [0.4, 0.5) is 0 Å². The lowest BCUT2D eigenvalue weighted by Gasteiger charge is -2.16. The minimum atomic E-state index is 0.631. The van der Waals surface area contributed by atoms with Crippen LogP contribution in [0, 0.1) is 13.8 Å². The molecule has 0 aliphatic carbocycles. The molecule has 2 aromatic rings. The zero-order valence-electron chi connectivity index (χ0n) is 18.9. The maximum absolute atomic E-state index is 10.7. The molecule has 1 aliphatic rings. The summed E-state index contributed by atoms with van der Waals surface area (Å²) in [5, 5.41) is 5.92. The van der Waals surface area contributed by atoms with E-state index in [0.717, 1.165) is 55.2 Å². The SMILES string of the molecule is CCCCCCNC1CCCN(C=O)CC1.Cc1nc(-c2cc(Cl)ccc2Cl)sc1C. The third-order valence-electron chi connectivity index (χ3n) is 5.56. The van der Waals surface area contributed by atoms with Gasteiger partial charge in [-0.1, -0.05) is 49.4 Å². The highest BCUT2D eigenvalue weighted by Gasteiger charge is 2.14. The maximum atomic E-state index is 10.7. The standard InChI is InChI=1S/C13H26N2O.C11H9Cl2NS/c1-2-3-4-5-9-14-13-7-6-10-15(12-16)11-8-13;1-6-7(2)15-11(14-6)9-5-8(12)3-4-10(9)13/h12-14H,2-11H2,1H3;3-5H,1-2H3. The number of carbonyl (C=O) groups excluding carboxylic acids is 1. The van der Waals surface area contributed by atoms with Gasteiger partial charge in [0.25, 0.3) is 0 Å². The number of rotatable bonds is 8. The van der Waals surface area contributed by atoms with Crippen LogP contribution >= 0.6 is 34.5 Å². The van der Waals surface area contributed by atoms with Gasteiger partial charge in [-0.2, -0.15) is 0 Å². The number of hydrogen-bond donors (Lipinski definition) is 1. The minimum absolute atomic E-state index is 0.631. The van der Waals surface area contributed by atoms with Crippen molar-refractivity contribution in [1.29, 1.82) is 0 Å². The van der Waals surface area contributed by atoms with Gasteiger partial charge in [0.05, 0.1) is 10.7 Å². The van der Waals surface area contributed by atoms with Crippen LogP contribution in [0.2, 0.25) is 10.0 Å². The fourth-order valence-electron chi connectivity index (χ4n) is 3.54. The van der Waals surface area contributed by atoms with Gasteiger partial charge in [-0.15, -0.1) is 11.3 Å². The van der Waals surface area contributed by atoms with E-state index in [4.69, 9.17) is 23.2 Å². The number of benzene rings is 1. The normalized spacial score (nSPS) is 16.4. The summed E-state index contributed by atoms with van der Waals surface area (Å²) in [6.07, 6.45) is 9.76. The number of nitrogens with zero attached hydrogens (tertiary/aromatic N) is 2. The van der Waals surface area contributed by atoms with E-state index in [-0.39, 0.29) is 0 Å². The highest BCUT2D eigenvalue weighted by atomic mass is 35.5. The molecule has 172 valence electrons. The number of aryl methyl sites for hydroxylation is 2. The molecule has 0 radical (unpaired) electrons. The summed E-state index contributed by atoms with van der Waals surface area (Å²) in [7, 11) is 0. The molecular weight excluding hydrogens is 449 g/mol. The van der Waals surface area contributed by atoms with Crippen LogP contribution in [-0.4, -0.2) is 42.0 Å². The first kappa shape index (κ1) is 26.1. The van der Waals surface area contributed by atoms with Crippen molar-refractivity contribution in [2.24, 2.45) is 0 Å². The zero-order chi connectivity index (χ0) is 22.6. The van der Waals surface area contributed by atoms with E-state index in [2.05, 4.69) is 24.1 Å². The Morgan fingerprint density at radius 2 is 2.00 bits per heavy atom. The fourth-order valence-corrected chi connectivity index (χ4v) is 4.92. The predicted octanol–water partition coefficient (Wildman–Crippen LogP) is 6.90. The van der Waals surface area contributed by atoms with Crippen LogP contribution in [0.1, 0.15) is 62.4 Å². The molecule has 1 unspecified atom stereocenters. The molecule has 1 N–H and O–H groups in total. The third-order valence-corrected chi connectivity index (χ3v) is 7.23. The number of halogens is 2. The van der Waals surface area contributed by atoms with Gasteiger partial charge in [0.1, 0.15) is 5.01 Å². The van der Waals surface area contributed by atoms with Gasteiger partial charge in [0, 0.05) is 34.6 Å². The molecule has 4 nitrogen and oxygen atoms in total. The van der Waals surface area contributed by atoms with E-state index in [0.29, 0.717) is 16.1 Å². The largest absolute Gasteiger partial charge is 0.345 e. The molecule has 2 heterocycles. The van der Waals surface area contributed by atoms with Gasteiger partial charge in [0.15, 0.2) is 0 Å². The van der Waals surface area contributed by atoms with Crippen LogP contribution in [0.5, 0.6) is 0 Å². The minimum Gasteiger partial charge on any atom is -0.345 e. The molecule has 1 saturated heterocycles. The van der Waals surface area contributed by atoms with Gasteiger partial charge in [-0.25, -0.2) is 4.98 Å². The Bertz CT molecular complexity index is 793. The van der Waals surface area contributed by atoms with Gasteiger partial charge < -0.3 is 10.2 Å². The number of thiazole rings is 1. The summed E-state index contributed by atoms with van der Waals surface area (Å²) in [4.78, 5) is 18.2. The van der Waals surface area contributed by atoms with Crippen molar-refractivity contribution >= 4 is 40.9 Å². The van der Waals surface area contributed by atoms with E-state index in [1.165, 1.54) is 37.0 Å². The average Bonchev–Trinajstić information content (AvgIpc) is 2.95. The summed E-state index contributed by atoms with van der Waals surface area (Å²) in [5.74, 6) is 0. The Kier molecular flexibility index (Phi) is 11.9. The number of nitrogens with one attached hydrogen (secondary N) is 1. The summed E-state index contributed by atoms with van der Waals surface area (Å²) in [6, 6.07) is 6.06. The molecule has 1 fully saturated rings. The summed E-state index contributed by atoms with van der Waals surface area (Å²) in [6.45, 7) is 9.30. The molecule has 1 aromatic carbocycles. The zero-order valence-corrected chi connectivity index (χ0v) is 21.3. The van der Waals surface area contributed by atoms with Crippen LogP contribution < -0.4 is 5.32 Å². The van der Waals surface area contributed by atoms with Crippen LogP contribution in [-0.2, 0) is 4.79 Å². The highest BCUT2D eigenvalue weighted by Crippen LogP contribution is 2.34. The Hall–Kier alpha value is -1.14. The van der Waals surface area contributed by atoms with E-state index in [1.807, 2.05) is 17.9 Å². The molecule has 31 heavy (non-hydrogen) atoms. The molecule has 1 aliphatic heterocycles. The number of aromatic nitrogens is 1. The number of likely N-dealkylation sites (tertiary alicyclic amines) is 1. The molecule has 1 atom stereocenters. The molecular formula is C24H35Cl2N3OS. The first-order valence-electron chi connectivity index (χ1n) is 11.3. The van der Waals surface area contributed by atoms with Crippen LogP contribution in [0.15, 0.2) is 18.2 Å². The van der Waals surface area contributed by atoms with Crippen molar-refractivity contribution in [3.63, 3.8) is 0 Å². The molecule has 0 spiro atoms. The molecule has 1 aromatic heterocycles. The monoisotopic (exact) mass is 483 g/mol. The van der Waals surface area contributed by atoms with E-state index in [9.17, 15) is 4.79 Å². The Balaban J connectivity index is 0.000000220. The van der Waals surface area contributed by atoms with Crippen molar-refractivity contribution in [1.82, 2.24) is 15.2 Å². The fraction of sp³-hybridized carbons (Fsp3) is 0.583. The Morgan fingerprint density at radius 3 is 2.68 bits per heavy atom. The number of carbonyl (C=O) groups is 1. The van der Waals surface area contributed by atoms with Crippen LogP contribution in [0.3, 0.4) is 0 Å². The highest BCUT2D eigenvalue weighted by molar-refractivity contribution is 7.15. The van der Waals surface area contributed by atoms with Gasteiger partial charge in [0.2, 0.25) is 6.41 Å². The van der Waals surface area contributed by atoms with Crippen LogP contribution in [0.25, 0.3) is 10.6 Å². The second kappa shape index (κ2) is 14.1. The van der Waals surface area contributed by atoms with Crippen molar-refractivity contribution in [3.8, 4) is 10.6 Å². The topological polar surface area (TPSA) is 45.2 Å². The molecule has 0 saturated carbocycles. The molecule has 0 bridgehead atoms. The molecule has 1 amide bonds. The van der Waals surface area contributed by atoms with E-state index in [1.54, 1.807) is 23.5 Å². The first-order valence-corrected chi connectivity index (χ1v) is 12.8. The number of hydrogen-bond acceptors (Lipinski definition) is 4. The summed E-state index contributed by atoms with van der Waals surface area (Å²) in [5.41, 5.74) is 1.96. The van der Waals surface area contributed by atoms with Crippen molar-refractivity contribution in [2.75, 3.05) is 19.6 Å². The quantitative estimate of drug-likeness (QED) is 0.327. The van der Waals surface area contributed by atoms with Gasteiger partial charge >= 0.3 is 0 Å². The number of amides is 1. The summed E-state index contributed by atoms with van der Waals surface area (Å²) >= 11 is 13.7. The maximum Gasteiger partial charge on any atom is 0.209 e. The molecule has 7 heteroatoms. The van der Waals surface area contributed by atoms with Crippen molar-refractivity contribution < 1.29 is 4.79 Å². The number of unbranched alkanes of at least 4 members (excludes halogenated alkanes) is 3. The van der Waals surface area contributed by atoms with Crippen molar-refractivity contribution in [2.45, 2.75) is 71.8 Å². The van der Waals surface area contributed by atoms with E-state index < -0.39 is 0 Å². The smallest absolute Gasteiger partial charge is 0.209 e. The van der Waals surface area contributed by atoms with Gasteiger partial charge in [-0.3, -0.25) is 4.79 Å². The van der Waals surface area contributed by atoms with Crippen molar-refractivity contribution in [3.05, 3.63) is 38.8 Å². The summed E-state index contributed by atoms with van der Waals surface area (Å²) < 4.78 is 0. The molecule has 3 rings (SSSR count). The second-order valence-corrected chi connectivity index (χ2v) is 10.1. The third kappa shape index (κ3) is 9.09. The lowest BCUT2D eigenvalue weighted by molar-refractivity contribution is -0.118. The Labute approximate surface area is 201 Å². The Morgan fingerprint density at radius 1 is 1.19 bits per heavy atom. The second-order valence-electron chi connectivity index (χ2n) is 8.07. The lowest BCUT2D eigenvalue weighted by atomic mass is 10.1.